The summed E-state index contributed by atoms with van der Waals surface area (Å²) in [6.45, 7) is 2.03. The molecule has 3 heteroatoms. The van der Waals surface area contributed by atoms with Crippen LogP contribution in [-0.2, 0) is 0 Å². The van der Waals surface area contributed by atoms with Gasteiger partial charge in [0, 0.05) is 0 Å². The summed E-state index contributed by atoms with van der Waals surface area (Å²) in [4.78, 5) is 0. The lowest BCUT2D eigenvalue weighted by Gasteiger charge is -2.23. The van der Waals surface area contributed by atoms with Gasteiger partial charge in [0.15, 0.2) is 0 Å². The average Bonchev–Trinajstić information content (AvgIpc) is 2.48. The molecule has 0 saturated heterocycles. The van der Waals surface area contributed by atoms with Crippen LogP contribution in [0.2, 0.25) is 0 Å². The van der Waals surface area contributed by atoms with Crippen LogP contribution in [-0.4, -0.2) is 17.3 Å². The molecule has 4 N–H and O–H groups in total. The molecule has 1 aromatic rings. The maximum atomic E-state index is 10.1. The first kappa shape index (κ1) is 12.2. The fourth-order valence-electron chi connectivity index (χ4n) is 2.47. The summed E-state index contributed by atoms with van der Waals surface area (Å²) >= 11 is 0. The van der Waals surface area contributed by atoms with Crippen molar-refractivity contribution in [3.63, 3.8) is 0 Å². The molecule has 0 heterocycles. The van der Waals surface area contributed by atoms with Gasteiger partial charge in [-0.2, -0.15) is 0 Å². The molecule has 2 rings (SSSR count). The minimum atomic E-state index is -0.252. The highest BCUT2D eigenvalue weighted by atomic mass is 16.3. The van der Waals surface area contributed by atoms with Crippen molar-refractivity contribution in [1.29, 1.82) is 0 Å². The van der Waals surface area contributed by atoms with E-state index in [-0.39, 0.29) is 12.1 Å². The Morgan fingerprint density at radius 2 is 2.00 bits per heavy atom. The summed E-state index contributed by atoms with van der Waals surface area (Å²) in [5.74, 6) is 0. The molecule has 0 bridgehead atoms. The predicted octanol–water partition coefficient (Wildman–Crippen LogP) is 2.68. The quantitative estimate of drug-likeness (QED) is 0.544. The van der Waals surface area contributed by atoms with Gasteiger partial charge in [-0.1, -0.05) is 25.3 Å². The average molecular weight is 234 g/mol. The molecule has 0 amide bonds. The van der Waals surface area contributed by atoms with E-state index < -0.39 is 0 Å². The lowest BCUT2D eigenvalue weighted by Crippen LogP contribution is -2.32. The second-order valence-electron chi connectivity index (χ2n) is 5.05. The van der Waals surface area contributed by atoms with Gasteiger partial charge < -0.3 is 16.2 Å². The zero-order valence-corrected chi connectivity index (χ0v) is 10.4. The molecule has 1 aliphatic rings. The van der Waals surface area contributed by atoms with Gasteiger partial charge in [0.2, 0.25) is 0 Å². The maximum Gasteiger partial charge on any atom is 0.0741 e. The van der Waals surface area contributed by atoms with Crippen molar-refractivity contribution in [2.75, 3.05) is 11.1 Å². The first-order chi connectivity index (χ1) is 8.16. The molecule has 17 heavy (non-hydrogen) atoms. The number of nitrogen functional groups attached to an aromatic ring is 1. The van der Waals surface area contributed by atoms with Crippen molar-refractivity contribution in [2.24, 2.45) is 0 Å². The van der Waals surface area contributed by atoms with Crippen LogP contribution in [0.1, 0.15) is 37.7 Å². The topological polar surface area (TPSA) is 58.3 Å². The molecule has 0 aliphatic heterocycles. The highest BCUT2D eigenvalue weighted by Gasteiger charge is 2.21. The Balaban J connectivity index is 2.08. The zero-order valence-electron chi connectivity index (χ0n) is 10.4. The number of aliphatic hydroxyl groups is 1. The van der Waals surface area contributed by atoms with E-state index in [1.807, 2.05) is 25.1 Å². The fourth-order valence-corrected chi connectivity index (χ4v) is 2.47. The van der Waals surface area contributed by atoms with Crippen molar-refractivity contribution in [3.8, 4) is 0 Å². The lowest BCUT2D eigenvalue weighted by atomic mass is 10.1. The second kappa shape index (κ2) is 5.41. The van der Waals surface area contributed by atoms with Crippen LogP contribution in [0, 0.1) is 6.92 Å². The van der Waals surface area contributed by atoms with Gasteiger partial charge in [-0.05, 0) is 37.5 Å². The minimum Gasteiger partial charge on any atom is -0.397 e. The second-order valence-corrected chi connectivity index (χ2v) is 5.05. The van der Waals surface area contributed by atoms with Crippen molar-refractivity contribution in [3.05, 3.63) is 23.8 Å². The molecular weight excluding hydrogens is 212 g/mol. The fraction of sp³-hybridized carbons (Fsp3) is 0.571. The van der Waals surface area contributed by atoms with Crippen LogP contribution in [0.15, 0.2) is 18.2 Å². The van der Waals surface area contributed by atoms with Gasteiger partial charge in [0.05, 0.1) is 23.5 Å². The number of hydrogen-bond donors (Lipinski definition) is 3. The molecule has 2 atom stereocenters. The Labute approximate surface area is 103 Å². The van der Waals surface area contributed by atoms with E-state index in [1.165, 1.54) is 12.8 Å². The van der Waals surface area contributed by atoms with Crippen LogP contribution >= 0.6 is 0 Å². The molecule has 3 nitrogen and oxygen atoms in total. The van der Waals surface area contributed by atoms with E-state index in [2.05, 4.69) is 5.32 Å². The lowest BCUT2D eigenvalue weighted by molar-refractivity contribution is 0.144. The minimum absolute atomic E-state index is 0.141. The Kier molecular flexibility index (Phi) is 3.89. The van der Waals surface area contributed by atoms with Gasteiger partial charge in [-0.25, -0.2) is 0 Å². The first-order valence-electron chi connectivity index (χ1n) is 6.47. The Morgan fingerprint density at radius 3 is 2.76 bits per heavy atom. The van der Waals surface area contributed by atoms with Crippen LogP contribution < -0.4 is 11.1 Å². The van der Waals surface area contributed by atoms with Gasteiger partial charge >= 0.3 is 0 Å². The molecule has 1 saturated carbocycles. The van der Waals surface area contributed by atoms with Crippen LogP contribution in [0.25, 0.3) is 0 Å². The first-order valence-corrected chi connectivity index (χ1v) is 6.47. The smallest absolute Gasteiger partial charge is 0.0741 e. The normalized spacial score (nSPS) is 25.3. The molecule has 1 fully saturated rings. The summed E-state index contributed by atoms with van der Waals surface area (Å²) in [6.07, 6.45) is 5.19. The van der Waals surface area contributed by atoms with E-state index in [0.29, 0.717) is 0 Å². The Bertz CT molecular complexity index is 378. The third-order valence-electron chi connectivity index (χ3n) is 3.53. The molecule has 1 aliphatic carbocycles. The standard InChI is InChI=1S/C14H22N2O/c1-10-7-8-12(11(15)9-10)16-13-5-3-2-4-6-14(13)17/h7-9,13-14,16-17H,2-6,15H2,1H3. The number of nitrogens with two attached hydrogens (primary N) is 1. The predicted molar refractivity (Wildman–Crippen MR) is 72.1 cm³/mol. The largest absolute Gasteiger partial charge is 0.397 e. The highest BCUT2D eigenvalue weighted by molar-refractivity contribution is 5.67. The van der Waals surface area contributed by atoms with Crippen molar-refractivity contribution in [1.82, 2.24) is 0 Å². The Morgan fingerprint density at radius 1 is 1.24 bits per heavy atom. The third kappa shape index (κ3) is 3.13. The monoisotopic (exact) mass is 234 g/mol. The molecule has 0 spiro atoms. The van der Waals surface area contributed by atoms with E-state index >= 15 is 0 Å². The van der Waals surface area contributed by atoms with E-state index in [0.717, 1.165) is 36.2 Å². The SMILES string of the molecule is Cc1ccc(NC2CCCCCC2O)c(N)c1. The summed E-state index contributed by atoms with van der Waals surface area (Å²) in [7, 11) is 0. The summed E-state index contributed by atoms with van der Waals surface area (Å²) in [5.41, 5.74) is 8.85. The number of benzene rings is 1. The molecule has 0 radical (unpaired) electrons. The molecule has 0 aromatic heterocycles. The van der Waals surface area contributed by atoms with Crippen molar-refractivity contribution in [2.45, 2.75) is 51.2 Å². The number of rotatable bonds is 2. The number of aryl methyl sites for hydroxylation is 1. The molecule has 1 aromatic carbocycles. The van der Waals surface area contributed by atoms with Crippen LogP contribution in [0.3, 0.4) is 0 Å². The Hall–Kier alpha value is -1.22. The van der Waals surface area contributed by atoms with Crippen LogP contribution in [0.5, 0.6) is 0 Å². The van der Waals surface area contributed by atoms with Gasteiger partial charge in [-0.3, -0.25) is 0 Å². The van der Waals surface area contributed by atoms with Gasteiger partial charge in [0.1, 0.15) is 0 Å². The van der Waals surface area contributed by atoms with E-state index in [1.54, 1.807) is 0 Å². The molecule has 94 valence electrons. The third-order valence-corrected chi connectivity index (χ3v) is 3.53. The van der Waals surface area contributed by atoms with E-state index in [4.69, 9.17) is 5.73 Å². The summed E-state index contributed by atoms with van der Waals surface area (Å²) < 4.78 is 0. The number of anilines is 2. The zero-order chi connectivity index (χ0) is 12.3. The van der Waals surface area contributed by atoms with Gasteiger partial charge in [-0.15, -0.1) is 0 Å². The van der Waals surface area contributed by atoms with Crippen LogP contribution in [0.4, 0.5) is 11.4 Å². The summed E-state index contributed by atoms with van der Waals surface area (Å²) in [6, 6.07) is 6.15. The van der Waals surface area contributed by atoms with Crippen molar-refractivity contribution >= 4 is 11.4 Å². The van der Waals surface area contributed by atoms with E-state index in [9.17, 15) is 5.11 Å². The van der Waals surface area contributed by atoms with Gasteiger partial charge in [0.25, 0.3) is 0 Å². The number of aliphatic hydroxyl groups excluding tert-OH is 1. The summed E-state index contributed by atoms with van der Waals surface area (Å²) in [5, 5.41) is 13.4. The van der Waals surface area contributed by atoms with Crippen molar-refractivity contribution < 1.29 is 5.11 Å². The number of nitrogens with one attached hydrogen (secondary N) is 1. The maximum absolute atomic E-state index is 10.1. The molecular formula is C14H22N2O. The number of hydrogen-bond acceptors (Lipinski definition) is 3. The highest BCUT2D eigenvalue weighted by Crippen LogP contribution is 2.25. The molecule has 2 unspecified atom stereocenters.